The highest BCUT2D eigenvalue weighted by Gasteiger charge is 2.29. The maximum atomic E-state index is 11.9. The molecule has 1 aliphatic heterocycles. The van der Waals surface area contributed by atoms with E-state index in [4.69, 9.17) is 9.15 Å². The van der Waals surface area contributed by atoms with Crippen molar-refractivity contribution in [2.24, 2.45) is 0 Å². The molecule has 26 heavy (non-hydrogen) atoms. The highest BCUT2D eigenvalue weighted by molar-refractivity contribution is 6.02. The number of aryl methyl sites for hydroxylation is 1. The van der Waals surface area contributed by atoms with Crippen LogP contribution >= 0.6 is 0 Å². The molecule has 0 atom stereocenters. The Kier molecular flexibility index (Phi) is 5.16. The predicted octanol–water partition coefficient (Wildman–Crippen LogP) is 1.94. The molecule has 2 heterocycles. The van der Waals surface area contributed by atoms with Gasteiger partial charge in [0.15, 0.2) is 0 Å². The second-order valence-corrected chi connectivity index (χ2v) is 6.12. The maximum absolute atomic E-state index is 11.9. The van der Waals surface area contributed by atoms with Gasteiger partial charge in [0.1, 0.15) is 12.2 Å². The van der Waals surface area contributed by atoms with Crippen LogP contribution in [0.25, 0.3) is 11.0 Å². The van der Waals surface area contributed by atoms with E-state index in [1.54, 1.807) is 6.07 Å². The summed E-state index contributed by atoms with van der Waals surface area (Å²) in [4.78, 5) is 47.8. The largest absolute Gasteiger partial charge is 0.461 e. The van der Waals surface area contributed by atoms with Crippen LogP contribution < -0.4 is 5.63 Å². The third-order valence-corrected chi connectivity index (χ3v) is 4.39. The summed E-state index contributed by atoms with van der Waals surface area (Å²) >= 11 is 0. The molecule has 0 unspecified atom stereocenters. The van der Waals surface area contributed by atoms with Gasteiger partial charge in [-0.2, -0.15) is 0 Å². The molecule has 2 amide bonds. The standard InChI is InChI=1S/C19H19NO6/c1-2-12-3-4-14-13(10-19(24)26-15(14)9-12)11-25-18(23)7-8-20-16(21)5-6-17(20)22/h3-4,9-10H,2,5-8,11H2,1H3. The summed E-state index contributed by atoms with van der Waals surface area (Å²) in [6, 6.07) is 6.86. The minimum absolute atomic E-state index is 0.0219. The fourth-order valence-corrected chi connectivity index (χ4v) is 2.92. The van der Waals surface area contributed by atoms with Crippen LogP contribution in [-0.4, -0.2) is 29.2 Å². The Morgan fingerprint density at radius 2 is 1.88 bits per heavy atom. The van der Waals surface area contributed by atoms with Crippen LogP contribution in [0.3, 0.4) is 0 Å². The molecule has 0 aliphatic carbocycles. The van der Waals surface area contributed by atoms with Gasteiger partial charge in [0.2, 0.25) is 11.8 Å². The minimum atomic E-state index is -0.538. The second kappa shape index (κ2) is 7.51. The highest BCUT2D eigenvalue weighted by atomic mass is 16.5. The topological polar surface area (TPSA) is 93.9 Å². The van der Waals surface area contributed by atoms with Crippen molar-refractivity contribution >= 4 is 28.8 Å². The summed E-state index contributed by atoms with van der Waals surface area (Å²) < 4.78 is 10.4. The predicted molar refractivity (Wildman–Crippen MR) is 92.2 cm³/mol. The van der Waals surface area contributed by atoms with Gasteiger partial charge >= 0.3 is 11.6 Å². The lowest BCUT2D eigenvalue weighted by molar-refractivity contribution is -0.146. The number of hydrogen-bond donors (Lipinski definition) is 0. The van der Waals surface area contributed by atoms with Gasteiger partial charge in [0.05, 0.1) is 6.42 Å². The van der Waals surface area contributed by atoms with Crippen LogP contribution in [-0.2, 0) is 32.1 Å². The van der Waals surface area contributed by atoms with E-state index in [1.807, 2.05) is 19.1 Å². The molecule has 0 radical (unpaired) electrons. The molecule has 1 aliphatic rings. The number of imide groups is 1. The van der Waals surface area contributed by atoms with Crippen LogP contribution in [0.1, 0.15) is 37.3 Å². The summed E-state index contributed by atoms with van der Waals surface area (Å²) in [5.41, 5.74) is 1.54. The van der Waals surface area contributed by atoms with E-state index >= 15 is 0 Å². The molecule has 136 valence electrons. The Labute approximate surface area is 149 Å². The van der Waals surface area contributed by atoms with Crippen molar-refractivity contribution in [1.82, 2.24) is 4.90 Å². The molecule has 7 nitrogen and oxygen atoms in total. The Morgan fingerprint density at radius 3 is 2.58 bits per heavy atom. The molecule has 2 aromatic rings. The zero-order chi connectivity index (χ0) is 18.7. The molecule has 0 saturated carbocycles. The third kappa shape index (κ3) is 3.82. The quantitative estimate of drug-likeness (QED) is 0.445. The normalized spacial score (nSPS) is 14.3. The molecule has 0 N–H and O–H groups in total. The van der Waals surface area contributed by atoms with E-state index in [2.05, 4.69) is 0 Å². The number of carbonyl (C=O) groups excluding carboxylic acids is 3. The van der Waals surface area contributed by atoms with Gasteiger partial charge in [-0.25, -0.2) is 4.79 Å². The van der Waals surface area contributed by atoms with Crippen LogP contribution in [0.5, 0.6) is 0 Å². The molecule has 1 saturated heterocycles. The molecular weight excluding hydrogens is 338 g/mol. The molecule has 3 rings (SSSR count). The van der Waals surface area contributed by atoms with Gasteiger partial charge < -0.3 is 9.15 Å². The number of amides is 2. The van der Waals surface area contributed by atoms with Crippen molar-refractivity contribution in [3.05, 3.63) is 45.8 Å². The van der Waals surface area contributed by atoms with Crippen molar-refractivity contribution in [1.29, 1.82) is 0 Å². The van der Waals surface area contributed by atoms with Gasteiger partial charge in [0, 0.05) is 36.4 Å². The molecular formula is C19H19NO6. The fourth-order valence-electron chi connectivity index (χ4n) is 2.92. The Morgan fingerprint density at radius 1 is 1.15 bits per heavy atom. The summed E-state index contributed by atoms with van der Waals surface area (Å²) in [5.74, 6) is -1.06. The highest BCUT2D eigenvalue weighted by Crippen LogP contribution is 2.20. The van der Waals surface area contributed by atoms with Crippen molar-refractivity contribution in [3.8, 4) is 0 Å². The number of ether oxygens (including phenoxy) is 1. The number of likely N-dealkylation sites (tertiary alicyclic amines) is 1. The number of carbonyl (C=O) groups is 3. The van der Waals surface area contributed by atoms with Gasteiger partial charge in [-0.05, 0) is 18.1 Å². The molecule has 1 fully saturated rings. The zero-order valence-corrected chi connectivity index (χ0v) is 14.4. The van der Waals surface area contributed by atoms with Gasteiger partial charge in [-0.1, -0.05) is 19.1 Å². The maximum Gasteiger partial charge on any atom is 0.336 e. The number of hydrogen-bond acceptors (Lipinski definition) is 6. The fraction of sp³-hybridized carbons (Fsp3) is 0.368. The number of benzene rings is 1. The summed E-state index contributed by atoms with van der Waals surface area (Å²) in [6.45, 7) is 1.95. The first kappa shape index (κ1) is 17.8. The second-order valence-electron chi connectivity index (χ2n) is 6.12. The Hall–Kier alpha value is -2.96. The third-order valence-electron chi connectivity index (χ3n) is 4.39. The van der Waals surface area contributed by atoms with Crippen LogP contribution in [0.2, 0.25) is 0 Å². The Balaban J connectivity index is 1.65. The van der Waals surface area contributed by atoms with Gasteiger partial charge in [-0.15, -0.1) is 0 Å². The van der Waals surface area contributed by atoms with Crippen LogP contribution in [0, 0.1) is 0 Å². The SMILES string of the molecule is CCc1ccc2c(COC(=O)CCN3C(=O)CCC3=O)cc(=O)oc2c1. The molecule has 0 spiro atoms. The van der Waals surface area contributed by atoms with E-state index in [0.717, 1.165) is 16.9 Å². The van der Waals surface area contributed by atoms with Crippen molar-refractivity contribution in [2.45, 2.75) is 39.2 Å². The zero-order valence-electron chi connectivity index (χ0n) is 14.4. The molecule has 0 bridgehead atoms. The first-order valence-corrected chi connectivity index (χ1v) is 8.52. The number of fused-ring (bicyclic) bond motifs is 1. The average molecular weight is 357 g/mol. The monoisotopic (exact) mass is 357 g/mol. The number of nitrogens with zero attached hydrogens (tertiary/aromatic N) is 1. The Bertz CT molecular complexity index is 913. The van der Waals surface area contributed by atoms with Crippen molar-refractivity contribution in [3.63, 3.8) is 0 Å². The summed E-state index contributed by atoms with van der Waals surface area (Å²) in [5, 5.41) is 0.708. The van der Waals surface area contributed by atoms with E-state index in [0.29, 0.717) is 16.5 Å². The lowest BCUT2D eigenvalue weighted by Crippen LogP contribution is -2.31. The lowest BCUT2D eigenvalue weighted by Gasteiger charge is -2.13. The van der Waals surface area contributed by atoms with Crippen molar-refractivity contribution < 1.29 is 23.5 Å². The van der Waals surface area contributed by atoms with E-state index in [-0.39, 0.29) is 44.2 Å². The number of rotatable bonds is 6. The van der Waals surface area contributed by atoms with E-state index in [1.165, 1.54) is 6.07 Å². The lowest BCUT2D eigenvalue weighted by atomic mass is 10.1. The first-order chi connectivity index (χ1) is 12.5. The van der Waals surface area contributed by atoms with Crippen LogP contribution in [0.4, 0.5) is 0 Å². The number of esters is 1. The molecule has 7 heteroatoms. The van der Waals surface area contributed by atoms with Gasteiger partial charge in [0.25, 0.3) is 0 Å². The summed E-state index contributed by atoms with van der Waals surface area (Å²) in [7, 11) is 0. The van der Waals surface area contributed by atoms with E-state index in [9.17, 15) is 19.2 Å². The average Bonchev–Trinajstić information content (AvgIpc) is 2.95. The molecule has 1 aromatic heterocycles. The first-order valence-electron chi connectivity index (χ1n) is 8.52. The van der Waals surface area contributed by atoms with Gasteiger partial charge in [-0.3, -0.25) is 19.3 Å². The molecule has 1 aromatic carbocycles. The minimum Gasteiger partial charge on any atom is -0.461 e. The smallest absolute Gasteiger partial charge is 0.336 e. The van der Waals surface area contributed by atoms with Crippen LogP contribution in [0.15, 0.2) is 33.5 Å². The summed E-state index contributed by atoms with van der Waals surface area (Å²) in [6.07, 6.45) is 1.13. The van der Waals surface area contributed by atoms with E-state index < -0.39 is 11.6 Å². The van der Waals surface area contributed by atoms with Crippen molar-refractivity contribution in [2.75, 3.05) is 6.54 Å².